The number of nitrogens with zero attached hydrogens (tertiary/aromatic N) is 1. The van der Waals surface area contributed by atoms with E-state index in [1.54, 1.807) is 18.3 Å². The second-order valence-electron chi connectivity index (χ2n) is 7.00. The Balaban J connectivity index is 1.75. The maximum Gasteiger partial charge on any atom is 0.263 e. The number of hydrogen-bond acceptors (Lipinski definition) is 3. The van der Waals surface area contributed by atoms with Crippen molar-refractivity contribution in [1.82, 2.24) is 10.2 Å². The summed E-state index contributed by atoms with van der Waals surface area (Å²) in [5, 5.41) is 3.04. The number of benzene rings is 1. The Kier molecular flexibility index (Phi) is 5.77. The average molecular weight is 371 g/mol. The molecule has 5 heteroatoms. The zero-order valence-corrected chi connectivity index (χ0v) is 16.4. The molecule has 0 saturated carbocycles. The molecule has 3 rings (SSSR count). The lowest BCUT2D eigenvalue weighted by atomic mass is 9.89. The summed E-state index contributed by atoms with van der Waals surface area (Å²) in [6.07, 6.45) is 1.77. The molecule has 0 spiro atoms. The SMILES string of the molecule is CC[C@@H]1CN(C(=O)c2cc(C)c(-c3ccccc3)s2)CC[C@@H]1NC(C)=O. The zero-order valence-electron chi connectivity index (χ0n) is 15.6. The van der Waals surface area contributed by atoms with Crippen LogP contribution in [-0.4, -0.2) is 35.8 Å². The maximum absolute atomic E-state index is 13.0. The fourth-order valence-corrected chi connectivity index (χ4v) is 4.85. The minimum Gasteiger partial charge on any atom is -0.353 e. The lowest BCUT2D eigenvalue weighted by molar-refractivity contribution is -0.120. The molecule has 4 nitrogen and oxygen atoms in total. The molecule has 0 bridgehead atoms. The van der Waals surface area contributed by atoms with Gasteiger partial charge in [-0.3, -0.25) is 9.59 Å². The largest absolute Gasteiger partial charge is 0.353 e. The van der Waals surface area contributed by atoms with Crippen molar-refractivity contribution in [2.45, 2.75) is 39.7 Å². The molecule has 1 aliphatic heterocycles. The number of carbonyl (C=O) groups is 2. The van der Waals surface area contributed by atoms with Crippen molar-refractivity contribution in [3.63, 3.8) is 0 Å². The van der Waals surface area contributed by atoms with E-state index in [0.717, 1.165) is 33.7 Å². The Morgan fingerprint density at radius 3 is 2.65 bits per heavy atom. The highest BCUT2D eigenvalue weighted by Gasteiger charge is 2.32. The number of piperidine rings is 1. The van der Waals surface area contributed by atoms with Crippen LogP contribution in [-0.2, 0) is 4.79 Å². The maximum atomic E-state index is 13.0. The summed E-state index contributed by atoms with van der Waals surface area (Å²) in [5.74, 6) is 0.431. The Labute approximate surface area is 159 Å². The molecule has 1 aromatic carbocycles. The first-order chi connectivity index (χ1) is 12.5. The standard InChI is InChI=1S/C21H26N2O2S/c1-4-16-13-23(11-10-18(16)22-15(3)24)21(25)19-12-14(2)20(26-19)17-8-6-5-7-9-17/h5-9,12,16,18H,4,10-11,13H2,1-3H3,(H,22,24)/t16-,18+/m1/s1. The molecule has 1 aromatic heterocycles. The normalized spacial score (nSPS) is 20.0. The van der Waals surface area contributed by atoms with Crippen molar-refractivity contribution in [1.29, 1.82) is 0 Å². The van der Waals surface area contributed by atoms with Crippen molar-refractivity contribution in [3.8, 4) is 10.4 Å². The fraction of sp³-hybridized carbons (Fsp3) is 0.429. The minimum absolute atomic E-state index is 0.00890. The number of nitrogens with one attached hydrogen (secondary N) is 1. The second-order valence-corrected chi connectivity index (χ2v) is 8.06. The van der Waals surface area contributed by atoms with E-state index in [4.69, 9.17) is 0 Å². The third kappa shape index (κ3) is 3.98. The van der Waals surface area contributed by atoms with Crippen LogP contribution in [0.25, 0.3) is 10.4 Å². The molecule has 26 heavy (non-hydrogen) atoms. The summed E-state index contributed by atoms with van der Waals surface area (Å²) in [5.41, 5.74) is 2.30. The van der Waals surface area contributed by atoms with Crippen LogP contribution in [0.2, 0.25) is 0 Å². The molecule has 1 fully saturated rings. The number of carbonyl (C=O) groups excluding carboxylic acids is 2. The van der Waals surface area contributed by atoms with E-state index >= 15 is 0 Å². The van der Waals surface area contributed by atoms with Gasteiger partial charge < -0.3 is 10.2 Å². The predicted octanol–water partition coefficient (Wildman–Crippen LogP) is 4.10. The lowest BCUT2D eigenvalue weighted by Gasteiger charge is -2.38. The van der Waals surface area contributed by atoms with Crippen LogP contribution in [0.1, 0.15) is 41.9 Å². The molecule has 2 amide bonds. The molecule has 2 heterocycles. The molecule has 2 atom stereocenters. The first-order valence-electron chi connectivity index (χ1n) is 9.21. The number of aryl methyl sites for hydroxylation is 1. The van der Waals surface area contributed by atoms with Gasteiger partial charge in [-0.1, -0.05) is 37.3 Å². The van der Waals surface area contributed by atoms with Gasteiger partial charge in [-0.25, -0.2) is 0 Å². The van der Waals surface area contributed by atoms with Crippen molar-refractivity contribution in [2.75, 3.05) is 13.1 Å². The first kappa shape index (κ1) is 18.6. The van der Waals surface area contributed by atoms with Gasteiger partial charge in [-0.05, 0) is 42.9 Å². The molecule has 1 aliphatic rings. The minimum atomic E-state index is 0.00890. The molecular weight excluding hydrogens is 344 g/mol. The highest BCUT2D eigenvalue weighted by atomic mass is 32.1. The number of amides is 2. The van der Waals surface area contributed by atoms with Gasteiger partial charge in [0.2, 0.25) is 5.91 Å². The van der Waals surface area contributed by atoms with Crippen LogP contribution in [0.5, 0.6) is 0 Å². The molecular formula is C21H26N2O2S. The molecule has 0 aliphatic carbocycles. The second kappa shape index (κ2) is 8.04. The van der Waals surface area contributed by atoms with E-state index in [-0.39, 0.29) is 17.9 Å². The summed E-state index contributed by atoms with van der Waals surface area (Å²) in [6, 6.07) is 12.4. The highest BCUT2D eigenvalue weighted by Crippen LogP contribution is 2.33. The topological polar surface area (TPSA) is 49.4 Å². The van der Waals surface area contributed by atoms with Crippen LogP contribution in [0.15, 0.2) is 36.4 Å². The zero-order chi connectivity index (χ0) is 18.7. The number of hydrogen-bond donors (Lipinski definition) is 1. The van der Waals surface area contributed by atoms with Crippen LogP contribution >= 0.6 is 11.3 Å². The third-order valence-corrected chi connectivity index (χ3v) is 6.37. The van der Waals surface area contributed by atoms with Crippen molar-refractivity contribution in [3.05, 3.63) is 46.8 Å². The van der Waals surface area contributed by atoms with E-state index in [1.807, 2.05) is 29.2 Å². The Bertz CT molecular complexity index is 785. The van der Waals surface area contributed by atoms with Crippen molar-refractivity contribution >= 4 is 23.2 Å². The van der Waals surface area contributed by atoms with Gasteiger partial charge in [0.15, 0.2) is 0 Å². The lowest BCUT2D eigenvalue weighted by Crippen LogP contribution is -2.51. The highest BCUT2D eigenvalue weighted by molar-refractivity contribution is 7.17. The Hall–Kier alpha value is -2.14. The summed E-state index contributed by atoms with van der Waals surface area (Å²) in [4.78, 5) is 28.3. The summed E-state index contributed by atoms with van der Waals surface area (Å²) >= 11 is 1.57. The molecule has 0 unspecified atom stereocenters. The van der Waals surface area contributed by atoms with E-state index in [1.165, 1.54) is 0 Å². The van der Waals surface area contributed by atoms with Crippen LogP contribution in [0, 0.1) is 12.8 Å². The Morgan fingerprint density at radius 2 is 2.00 bits per heavy atom. The molecule has 1 saturated heterocycles. The van der Waals surface area contributed by atoms with E-state index in [0.29, 0.717) is 19.0 Å². The van der Waals surface area contributed by atoms with Gasteiger partial charge in [0.1, 0.15) is 0 Å². The van der Waals surface area contributed by atoms with Crippen molar-refractivity contribution < 1.29 is 9.59 Å². The smallest absolute Gasteiger partial charge is 0.263 e. The molecule has 2 aromatic rings. The van der Waals surface area contributed by atoms with E-state index in [9.17, 15) is 9.59 Å². The summed E-state index contributed by atoms with van der Waals surface area (Å²) < 4.78 is 0. The van der Waals surface area contributed by atoms with Gasteiger partial charge in [-0.2, -0.15) is 0 Å². The summed E-state index contributed by atoms with van der Waals surface area (Å²) in [7, 11) is 0. The third-order valence-electron chi connectivity index (χ3n) is 5.10. The number of likely N-dealkylation sites (tertiary alicyclic amines) is 1. The average Bonchev–Trinajstić information content (AvgIpc) is 3.03. The quantitative estimate of drug-likeness (QED) is 0.881. The molecule has 138 valence electrons. The van der Waals surface area contributed by atoms with Crippen LogP contribution < -0.4 is 5.32 Å². The molecule has 1 N–H and O–H groups in total. The fourth-order valence-electron chi connectivity index (χ4n) is 3.70. The van der Waals surface area contributed by atoms with Gasteiger partial charge in [0.05, 0.1) is 4.88 Å². The van der Waals surface area contributed by atoms with Crippen LogP contribution in [0.3, 0.4) is 0 Å². The van der Waals surface area contributed by atoms with Crippen molar-refractivity contribution in [2.24, 2.45) is 5.92 Å². The monoisotopic (exact) mass is 370 g/mol. The van der Waals surface area contributed by atoms with Gasteiger partial charge in [0.25, 0.3) is 5.91 Å². The summed E-state index contributed by atoms with van der Waals surface area (Å²) in [6.45, 7) is 7.14. The number of rotatable bonds is 4. The molecule has 0 radical (unpaired) electrons. The van der Waals surface area contributed by atoms with Gasteiger partial charge in [-0.15, -0.1) is 11.3 Å². The van der Waals surface area contributed by atoms with E-state index < -0.39 is 0 Å². The predicted molar refractivity (Wildman–Crippen MR) is 106 cm³/mol. The van der Waals surface area contributed by atoms with E-state index in [2.05, 4.69) is 31.3 Å². The van der Waals surface area contributed by atoms with Gasteiger partial charge >= 0.3 is 0 Å². The van der Waals surface area contributed by atoms with Crippen LogP contribution in [0.4, 0.5) is 0 Å². The Morgan fingerprint density at radius 1 is 1.27 bits per heavy atom. The first-order valence-corrected chi connectivity index (χ1v) is 10.0. The number of thiophene rings is 1. The van der Waals surface area contributed by atoms with Gasteiger partial charge in [0, 0.05) is 30.9 Å².